The second-order valence-electron chi connectivity index (χ2n) is 6.12. The van der Waals surface area contributed by atoms with Crippen molar-refractivity contribution in [3.05, 3.63) is 53.9 Å². The van der Waals surface area contributed by atoms with Gasteiger partial charge in [-0.2, -0.15) is 5.10 Å². The summed E-state index contributed by atoms with van der Waals surface area (Å²) < 4.78 is 7.80. The third-order valence-corrected chi connectivity index (χ3v) is 4.52. The first-order chi connectivity index (χ1) is 11.7. The van der Waals surface area contributed by atoms with E-state index < -0.39 is 6.04 Å². The van der Waals surface area contributed by atoms with Gasteiger partial charge in [-0.1, -0.05) is 30.3 Å². The van der Waals surface area contributed by atoms with Crippen LogP contribution in [0.5, 0.6) is 0 Å². The van der Waals surface area contributed by atoms with Gasteiger partial charge in [0.05, 0.1) is 12.3 Å². The molecule has 1 aliphatic heterocycles. The molecule has 0 saturated carbocycles. The van der Waals surface area contributed by atoms with Gasteiger partial charge in [0.25, 0.3) is 0 Å². The van der Waals surface area contributed by atoms with E-state index in [2.05, 4.69) is 17.3 Å². The van der Waals surface area contributed by atoms with Gasteiger partial charge in [-0.25, -0.2) is 0 Å². The second kappa shape index (κ2) is 7.59. The van der Waals surface area contributed by atoms with Crippen molar-refractivity contribution < 1.29 is 9.53 Å². The highest BCUT2D eigenvalue weighted by atomic mass is 16.5. The molecule has 1 amide bonds. The van der Waals surface area contributed by atoms with Crippen molar-refractivity contribution >= 4 is 5.91 Å². The minimum atomic E-state index is -0.481. The lowest BCUT2D eigenvalue weighted by atomic mass is 9.96. The number of carbonyl (C=O) groups excluding carboxylic acids is 1. The van der Waals surface area contributed by atoms with Gasteiger partial charge in [0.2, 0.25) is 5.91 Å². The maximum absolute atomic E-state index is 11.8. The molecular formula is C18H24N4O2. The predicted molar refractivity (Wildman–Crippen MR) is 91.1 cm³/mol. The van der Waals surface area contributed by atoms with E-state index in [4.69, 9.17) is 10.5 Å². The minimum Gasteiger partial charge on any atom is -0.373 e. The molecule has 1 aliphatic rings. The average molecular weight is 328 g/mol. The number of aryl methyl sites for hydroxylation is 1. The van der Waals surface area contributed by atoms with Gasteiger partial charge in [0.1, 0.15) is 6.04 Å². The van der Waals surface area contributed by atoms with Crippen LogP contribution < -0.4 is 11.1 Å². The summed E-state index contributed by atoms with van der Waals surface area (Å²) in [5, 5.41) is 7.64. The number of aromatic nitrogens is 2. The number of rotatable bonds is 7. The van der Waals surface area contributed by atoms with Gasteiger partial charge in [-0.15, -0.1) is 0 Å². The standard InChI is InChI=1S/C18H24N4O2/c1-2-22-12-15(11-21-22)17-14(8-9-24-17)10-20-16(18(19)23)13-6-4-3-5-7-13/h3-7,11-12,14,16-17,20H,2,8-10H2,1H3,(H2,19,23)/t14-,16+,17-/m1/s1. The number of amides is 1. The SMILES string of the molecule is CCn1cc([C@@H]2OCC[C@@H]2CN[C@H](C(N)=O)c2ccccc2)cn1. The smallest absolute Gasteiger partial charge is 0.239 e. The van der Waals surface area contributed by atoms with Crippen LogP contribution in [0.3, 0.4) is 0 Å². The quantitative estimate of drug-likeness (QED) is 0.812. The number of ether oxygens (including phenoxy) is 1. The summed E-state index contributed by atoms with van der Waals surface area (Å²) >= 11 is 0. The molecule has 1 saturated heterocycles. The number of nitrogens with zero attached hydrogens (tertiary/aromatic N) is 2. The van der Waals surface area contributed by atoms with Gasteiger partial charge in [-0.05, 0) is 18.9 Å². The molecule has 1 aromatic carbocycles. The van der Waals surface area contributed by atoms with Gasteiger partial charge in [0.15, 0.2) is 0 Å². The maximum Gasteiger partial charge on any atom is 0.239 e. The largest absolute Gasteiger partial charge is 0.373 e. The lowest BCUT2D eigenvalue weighted by molar-refractivity contribution is -0.120. The minimum absolute atomic E-state index is 0.0158. The highest BCUT2D eigenvalue weighted by Crippen LogP contribution is 2.34. The summed E-state index contributed by atoms with van der Waals surface area (Å²) in [6, 6.07) is 9.09. The van der Waals surface area contributed by atoms with Crippen LogP contribution >= 0.6 is 0 Å². The molecule has 3 atom stereocenters. The molecule has 0 spiro atoms. The lowest BCUT2D eigenvalue weighted by Gasteiger charge is -2.21. The number of nitrogens with one attached hydrogen (secondary N) is 1. The molecule has 3 N–H and O–H groups in total. The first-order valence-corrected chi connectivity index (χ1v) is 8.40. The third-order valence-electron chi connectivity index (χ3n) is 4.52. The van der Waals surface area contributed by atoms with Crippen molar-refractivity contribution in [2.75, 3.05) is 13.2 Å². The molecule has 0 unspecified atom stereocenters. The van der Waals surface area contributed by atoms with Crippen LogP contribution in [-0.4, -0.2) is 28.8 Å². The summed E-state index contributed by atoms with van der Waals surface area (Å²) in [5.41, 5.74) is 7.56. The Morgan fingerprint density at radius 1 is 1.46 bits per heavy atom. The zero-order chi connectivity index (χ0) is 16.9. The third kappa shape index (κ3) is 3.66. The van der Waals surface area contributed by atoms with Crippen molar-refractivity contribution in [2.45, 2.75) is 32.0 Å². The molecule has 0 aliphatic carbocycles. The van der Waals surface area contributed by atoms with Gasteiger partial charge in [0, 0.05) is 37.4 Å². The molecule has 24 heavy (non-hydrogen) atoms. The zero-order valence-electron chi connectivity index (χ0n) is 13.9. The fourth-order valence-corrected chi connectivity index (χ4v) is 3.21. The van der Waals surface area contributed by atoms with Crippen LogP contribution in [0.2, 0.25) is 0 Å². The number of primary amides is 1. The number of hydrogen-bond acceptors (Lipinski definition) is 4. The van der Waals surface area contributed by atoms with E-state index in [1.807, 2.05) is 47.4 Å². The molecule has 0 radical (unpaired) electrons. The van der Waals surface area contributed by atoms with E-state index in [0.717, 1.165) is 30.7 Å². The molecule has 2 aromatic rings. The first kappa shape index (κ1) is 16.7. The zero-order valence-corrected chi connectivity index (χ0v) is 13.9. The summed E-state index contributed by atoms with van der Waals surface area (Å²) in [5.74, 6) is -0.0689. The summed E-state index contributed by atoms with van der Waals surface area (Å²) in [6.07, 6.45) is 4.87. The fraction of sp³-hybridized carbons (Fsp3) is 0.444. The molecule has 6 nitrogen and oxygen atoms in total. The summed E-state index contributed by atoms with van der Waals surface area (Å²) in [6.45, 7) is 4.29. The molecule has 128 valence electrons. The first-order valence-electron chi connectivity index (χ1n) is 8.40. The molecule has 1 fully saturated rings. The molecule has 3 rings (SSSR count). The Kier molecular flexibility index (Phi) is 5.27. The van der Waals surface area contributed by atoms with E-state index in [-0.39, 0.29) is 12.0 Å². The Morgan fingerprint density at radius 2 is 2.25 bits per heavy atom. The maximum atomic E-state index is 11.8. The van der Waals surface area contributed by atoms with Crippen LogP contribution in [0.1, 0.15) is 36.6 Å². The Labute approximate surface area is 142 Å². The van der Waals surface area contributed by atoms with E-state index in [1.165, 1.54) is 0 Å². The highest BCUT2D eigenvalue weighted by Gasteiger charge is 2.31. The van der Waals surface area contributed by atoms with E-state index >= 15 is 0 Å². The molecule has 0 bridgehead atoms. The number of carbonyl (C=O) groups is 1. The van der Waals surface area contributed by atoms with Crippen LogP contribution in [0, 0.1) is 5.92 Å². The topological polar surface area (TPSA) is 82.2 Å². The fourth-order valence-electron chi connectivity index (χ4n) is 3.21. The number of benzene rings is 1. The lowest BCUT2D eigenvalue weighted by Crippen LogP contribution is -2.37. The molecular weight excluding hydrogens is 304 g/mol. The van der Waals surface area contributed by atoms with E-state index in [9.17, 15) is 4.79 Å². The molecule has 2 heterocycles. The number of nitrogens with two attached hydrogens (primary N) is 1. The van der Waals surface area contributed by atoms with Crippen molar-refractivity contribution in [3.8, 4) is 0 Å². The normalized spacial score (nSPS) is 21.7. The Hall–Kier alpha value is -2.18. The second-order valence-corrected chi connectivity index (χ2v) is 6.12. The van der Waals surface area contributed by atoms with Crippen LogP contribution in [0.15, 0.2) is 42.7 Å². The van der Waals surface area contributed by atoms with Crippen molar-refractivity contribution in [2.24, 2.45) is 11.7 Å². The van der Waals surface area contributed by atoms with Crippen LogP contribution in [0.4, 0.5) is 0 Å². The highest BCUT2D eigenvalue weighted by molar-refractivity contribution is 5.81. The molecule has 6 heteroatoms. The van der Waals surface area contributed by atoms with Crippen LogP contribution in [0.25, 0.3) is 0 Å². The van der Waals surface area contributed by atoms with Gasteiger partial charge >= 0.3 is 0 Å². The summed E-state index contributed by atoms with van der Waals surface area (Å²) in [7, 11) is 0. The van der Waals surface area contributed by atoms with Crippen molar-refractivity contribution in [3.63, 3.8) is 0 Å². The van der Waals surface area contributed by atoms with Crippen molar-refractivity contribution in [1.29, 1.82) is 0 Å². The predicted octanol–water partition coefficient (Wildman–Crippen LogP) is 1.80. The Bertz CT molecular complexity index is 671. The van der Waals surface area contributed by atoms with Gasteiger partial charge in [-0.3, -0.25) is 9.48 Å². The summed E-state index contributed by atoms with van der Waals surface area (Å²) in [4.78, 5) is 11.8. The van der Waals surface area contributed by atoms with E-state index in [0.29, 0.717) is 12.5 Å². The molecule has 1 aromatic heterocycles. The van der Waals surface area contributed by atoms with E-state index in [1.54, 1.807) is 0 Å². The van der Waals surface area contributed by atoms with Gasteiger partial charge < -0.3 is 15.8 Å². The van der Waals surface area contributed by atoms with Crippen LogP contribution in [-0.2, 0) is 16.1 Å². The Morgan fingerprint density at radius 3 is 2.92 bits per heavy atom. The average Bonchev–Trinajstić information content (AvgIpc) is 3.24. The number of hydrogen-bond donors (Lipinski definition) is 2. The Balaban J connectivity index is 1.66. The monoisotopic (exact) mass is 328 g/mol. The van der Waals surface area contributed by atoms with Crippen molar-refractivity contribution in [1.82, 2.24) is 15.1 Å².